The van der Waals surface area contributed by atoms with Crippen LogP contribution in [-0.2, 0) is 42.9 Å². The maximum Gasteiger partial charge on any atom is 0.338 e. The number of Topliss-reactive ketones (excluding diaryl/α,β-unsaturated/α-hetero) is 1. The molecule has 3 aromatic rings. The standard InChI is InChI=1S/C45H49NO15/c1-23-29(59-41(54)34(50)33(28-17-18-56-21-28)46-39(52)26-13-9-7-10-14-26)20-45(55)38(60-40(53)27-15-11-8-12-16-27)36-43(6,30(49)19-31-44(36,22-57-31)61-25(3)48)37(51)35(58-24(2)47)32(23)42(45,4)5/h7-18,21,29-31,33-36,38,49-50,55H,19-20,22H2,1-6H3,(H,46,52)/t29-,30-,31+,33-,34+,35+,36-,38-,43+,44-,45+/m0/s1. The summed E-state index contributed by atoms with van der Waals surface area (Å²) in [6.07, 6.45) is -8.09. The number of fused-ring (bicyclic) bond motifs is 5. The molecule has 4 aliphatic rings. The van der Waals surface area contributed by atoms with Gasteiger partial charge in [0.1, 0.15) is 23.9 Å². The van der Waals surface area contributed by atoms with Crippen molar-refractivity contribution in [3.8, 4) is 0 Å². The van der Waals surface area contributed by atoms with Crippen LogP contribution < -0.4 is 5.32 Å². The van der Waals surface area contributed by atoms with Crippen LogP contribution in [0.5, 0.6) is 0 Å². The van der Waals surface area contributed by atoms with Gasteiger partial charge in [0.15, 0.2) is 23.6 Å². The van der Waals surface area contributed by atoms with E-state index >= 15 is 4.79 Å². The van der Waals surface area contributed by atoms with Crippen molar-refractivity contribution in [2.24, 2.45) is 16.7 Å². The van der Waals surface area contributed by atoms with Crippen molar-refractivity contribution < 1.29 is 72.2 Å². The van der Waals surface area contributed by atoms with Crippen LogP contribution in [0.4, 0.5) is 0 Å². The molecule has 3 fully saturated rings. The lowest BCUT2D eigenvalue weighted by Gasteiger charge is -2.67. The molecule has 1 saturated heterocycles. The summed E-state index contributed by atoms with van der Waals surface area (Å²) in [7, 11) is 0. The van der Waals surface area contributed by atoms with Gasteiger partial charge in [-0.3, -0.25) is 19.2 Å². The molecule has 2 heterocycles. The molecule has 0 unspecified atom stereocenters. The number of aliphatic hydroxyl groups is 3. The summed E-state index contributed by atoms with van der Waals surface area (Å²) in [4.78, 5) is 83.1. The number of amides is 1. The zero-order valence-corrected chi connectivity index (χ0v) is 34.5. The third-order valence-electron chi connectivity index (χ3n) is 13.2. The number of ketones is 1. The highest BCUT2D eigenvalue weighted by molar-refractivity contribution is 5.96. The Labute approximate surface area is 351 Å². The Morgan fingerprint density at radius 1 is 0.885 bits per heavy atom. The molecule has 0 radical (unpaired) electrons. The Bertz CT molecular complexity index is 2240. The van der Waals surface area contributed by atoms with Crippen LogP contribution in [0.25, 0.3) is 0 Å². The van der Waals surface area contributed by atoms with Gasteiger partial charge in [-0.05, 0) is 55.3 Å². The van der Waals surface area contributed by atoms with Crippen molar-refractivity contribution in [3.05, 3.63) is 107 Å². The highest BCUT2D eigenvalue weighted by Crippen LogP contribution is 2.64. The lowest BCUT2D eigenvalue weighted by atomic mass is 9.44. The molecule has 2 aromatic carbocycles. The minimum absolute atomic E-state index is 0.0151. The molecule has 324 valence electrons. The van der Waals surface area contributed by atoms with Crippen LogP contribution in [0, 0.1) is 16.7 Å². The SMILES string of the molecule is CC(=O)O[C@H]1C(=O)[C@@]2(C)[C@H]([C@H](OC(=O)c3ccccc3)[C@]3(O)C[C@H](OC(=O)[C@H](O)[C@@H](NC(=O)c4ccccc4)c4ccoc4)C(C)=C1C3(C)C)[C@]1(OC(C)=O)CO[C@@H]1C[C@@H]2O. The van der Waals surface area contributed by atoms with Gasteiger partial charge in [0.05, 0.1) is 48.2 Å². The van der Waals surface area contributed by atoms with Gasteiger partial charge in [-0.15, -0.1) is 0 Å². The van der Waals surface area contributed by atoms with Crippen molar-refractivity contribution in [3.63, 3.8) is 0 Å². The van der Waals surface area contributed by atoms with E-state index in [1.807, 2.05) is 0 Å². The van der Waals surface area contributed by atoms with E-state index in [0.29, 0.717) is 0 Å². The number of benzene rings is 2. The molecule has 7 rings (SSSR count). The second-order valence-electron chi connectivity index (χ2n) is 17.0. The number of hydrogen-bond donors (Lipinski definition) is 4. The van der Waals surface area contributed by atoms with E-state index in [9.17, 15) is 39.3 Å². The van der Waals surface area contributed by atoms with Gasteiger partial charge in [0, 0.05) is 43.2 Å². The first-order chi connectivity index (χ1) is 28.8. The number of carbonyl (C=O) groups is 6. The molecule has 3 aliphatic carbocycles. The van der Waals surface area contributed by atoms with Gasteiger partial charge < -0.3 is 48.7 Å². The molecule has 16 heteroatoms. The average Bonchev–Trinajstić information content (AvgIpc) is 3.76. The molecule has 1 amide bonds. The van der Waals surface area contributed by atoms with Crippen LogP contribution in [0.2, 0.25) is 0 Å². The minimum Gasteiger partial charge on any atom is -0.472 e. The fourth-order valence-corrected chi connectivity index (χ4v) is 9.97. The summed E-state index contributed by atoms with van der Waals surface area (Å²) in [5, 5.41) is 40.0. The topological polar surface area (TPSA) is 234 Å². The van der Waals surface area contributed by atoms with E-state index in [1.165, 1.54) is 44.6 Å². The molecule has 1 aromatic heterocycles. The number of rotatable bonds is 10. The zero-order chi connectivity index (χ0) is 44.2. The Balaban J connectivity index is 1.38. The molecule has 2 saturated carbocycles. The lowest BCUT2D eigenvalue weighted by Crippen LogP contribution is -2.82. The number of aliphatic hydroxyl groups excluding tert-OH is 2. The number of carbonyl (C=O) groups excluding carboxylic acids is 6. The fraction of sp³-hybridized carbons (Fsp3) is 0.467. The normalized spacial score (nSPS) is 32.2. The predicted octanol–water partition coefficient (Wildman–Crippen LogP) is 3.33. The second-order valence-corrected chi connectivity index (χ2v) is 17.0. The van der Waals surface area contributed by atoms with Crippen molar-refractivity contribution in [2.45, 2.75) is 108 Å². The number of esters is 4. The van der Waals surface area contributed by atoms with Crippen molar-refractivity contribution >= 4 is 35.6 Å². The van der Waals surface area contributed by atoms with E-state index in [-0.39, 0.29) is 40.9 Å². The smallest absolute Gasteiger partial charge is 0.338 e. The van der Waals surface area contributed by atoms with E-state index in [0.717, 1.165) is 13.8 Å². The molecule has 0 spiro atoms. The molecule has 61 heavy (non-hydrogen) atoms. The number of hydrogen-bond acceptors (Lipinski definition) is 15. The second kappa shape index (κ2) is 16.0. The number of ether oxygens (including phenoxy) is 5. The van der Waals surface area contributed by atoms with Gasteiger partial charge in [-0.2, -0.15) is 0 Å². The molecule has 11 atom stereocenters. The van der Waals surface area contributed by atoms with E-state index < -0.39 is 113 Å². The van der Waals surface area contributed by atoms with Crippen molar-refractivity contribution in [1.29, 1.82) is 0 Å². The van der Waals surface area contributed by atoms with Gasteiger partial charge in [-0.1, -0.05) is 50.2 Å². The van der Waals surface area contributed by atoms with Gasteiger partial charge in [0.25, 0.3) is 5.91 Å². The highest BCUT2D eigenvalue weighted by Gasteiger charge is 2.78. The monoisotopic (exact) mass is 843 g/mol. The van der Waals surface area contributed by atoms with Crippen molar-refractivity contribution in [1.82, 2.24) is 5.32 Å². The van der Waals surface area contributed by atoms with E-state index in [2.05, 4.69) is 5.32 Å². The summed E-state index contributed by atoms with van der Waals surface area (Å²) < 4.78 is 35.4. The summed E-state index contributed by atoms with van der Waals surface area (Å²) in [5.41, 5.74) is -7.25. The number of nitrogens with one attached hydrogen (secondary N) is 1. The first-order valence-electron chi connectivity index (χ1n) is 19.9. The van der Waals surface area contributed by atoms with Crippen LogP contribution >= 0.6 is 0 Å². The summed E-state index contributed by atoms with van der Waals surface area (Å²) in [5.74, 6) is -6.95. The summed E-state index contributed by atoms with van der Waals surface area (Å²) in [6.45, 7) is 7.91. The largest absolute Gasteiger partial charge is 0.472 e. The third kappa shape index (κ3) is 7.14. The summed E-state index contributed by atoms with van der Waals surface area (Å²) in [6, 6.07) is 15.9. The Hall–Kier alpha value is -5.68. The third-order valence-corrected chi connectivity index (χ3v) is 13.2. The van der Waals surface area contributed by atoms with Crippen LogP contribution in [-0.4, -0.2) is 105 Å². The first kappa shape index (κ1) is 43.4. The first-order valence-corrected chi connectivity index (χ1v) is 19.9. The highest BCUT2D eigenvalue weighted by atomic mass is 16.6. The molecular formula is C45H49NO15. The molecule has 4 N–H and O–H groups in total. The quantitative estimate of drug-likeness (QED) is 0.130. The van der Waals surface area contributed by atoms with E-state index in [1.54, 1.807) is 62.4 Å². The van der Waals surface area contributed by atoms with Crippen LogP contribution in [0.15, 0.2) is 94.8 Å². The molecule has 16 nitrogen and oxygen atoms in total. The lowest BCUT2D eigenvalue weighted by molar-refractivity contribution is -0.346. The van der Waals surface area contributed by atoms with Crippen LogP contribution in [0.1, 0.15) is 86.7 Å². The minimum atomic E-state index is -2.40. The Morgan fingerprint density at radius 3 is 2.08 bits per heavy atom. The fourth-order valence-electron chi connectivity index (χ4n) is 9.97. The van der Waals surface area contributed by atoms with Gasteiger partial charge >= 0.3 is 23.9 Å². The van der Waals surface area contributed by atoms with Gasteiger partial charge in [0.2, 0.25) is 0 Å². The molecule has 1 aliphatic heterocycles. The van der Waals surface area contributed by atoms with Crippen molar-refractivity contribution in [2.75, 3.05) is 6.61 Å². The summed E-state index contributed by atoms with van der Waals surface area (Å²) >= 11 is 0. The zero-order valence-electron chi connectivity index (χ0n) is 34.5. The van der Waals surface area contributed by atoms with E-state index in [4.69, 9.17) is 28.1 Å². The Morgan fingerprint density at radius 2 is 1.52 bits per heavy atom. The average molecular weight is 844 g/mol. The molecule has 2 bridgehead atoms. The predicted molar refractivity (Wildman–Crippen MR) is 210 cm³/mol. The maximum atomic E-state index is 15.4. The maximum absolute atomic E-state index is 15.4. The van der Waals surface area contributed by atoms with Crippen LogP contribution in [0.3, 0.4) is 0 Å². The Kier molecular flexibility index (Phi) is 11.4. The number of furan rings is 1. The molecular weight excluding hydrogens is 794 g/mol. The van der Waals surface area contributed by atoms with Gasteiger partial charge in [-0.25, -0.2) is 9.59 Å².